The lowest BCUT2D eigenvalue weighted by atomic mass is 9.85. The summed E-state index contributed by atoms with van der Waals surface area (Å²) < 4.78 is 0. The second-order valence-corrected chi connectivity index (χ2v) is 8.41. The molecule has 27 heavy (non-hydrogen) atoms. The van der Waals surface area contributed by atoms with Gasteiger partial charge in [-0.15, -0.1) is 11.3 Å². The number of rotatable bonds is 8. The molecule has 1 amide bonds. The van der Waals surface area contributed by atoms with Crippen LogP contribution < -0.4 is 10.6 Å². The smallest absolute Gasteiger partial charge is 0.224 e. The van der Waals surface area contributed by atoms with E-state index in [1.54, 1.807) is 11.3 Å². The van der Waals surface area contributed by atoms with Crippen LogP contribution in [0.4, 0.5) is 5.69 Å². The van der Waals surface area contributed by atoms with E-state index in [2.05, 4.69) is 52.0 Å². The maximum Gasteiger partial charge on any atom is 0.224 e. The van der Waals surface area contributed by atoms with Crippen LogP contribution in [0.25, 0.3) is 0 Å². The highest BCUT2D eigenvalue weighted by Crippen LogP contribution is 2.23. The second-order valence-electron chi connectivity index (χ2n) is 7.69. The van der Waals surface area contributed by atoms with Gasteiger partial charge in [-0.3, -0.25) is 9.69 Å². The van der Waals surface area contributed by atoms with Crippen LogP contribution in [-0.4, -0.2) is 35.9 Å². The molecule has 0 spiro atoms. The van der Waals surface area contributed by atoms with Gasteiger partial charge in [0.25, 0.3) is 0 Å². The lowest BCUT2D eigenvalue weighted by Crippen LogP contribution is -2.34. The highest BCUT2D eigenvalue weighted by Gasteiger charge is 2.22. The predicted octanol–water partition coefficient (Wildman–Crippen LogP) is 3.74. The third-order valence-electron chi connectivity index (χ3n) is 5.23. The SMILES string of the molecule is CC(CC(=O)Nc1cccc(CN(C)Cc2cscn2)c1)C1CCCNC1. The Morgan fingerprint density at radius 3 is 3.07 bits per heavy atom. The summed E-state index contributed by atoms with van der Waals surface area (Å²) in [6, 6.07) is 8.15. The highest BCUT2D eigenvalue weighted by atomic mass is 32.1. The van der Waals surface area contributed by atoms with Gasteiger partial charge in [0.2, 0.25) is 5.91 Å². The molecule has 1 fully saturated rings. The number of anilines is 1. The maximum absolute atomic E-state index is 12.5. The summed E-state index contributed by atoms with van der Waals surface area (Å²) in [4.78, 5) is 19.0. The number of hydrogen-bond donors (Lipinski definition) is 2. The molecule has 146 valence electrons. The van der Waals surface area contributed by atoms with E-state index in [4.69, 9.17) is 0 Å². The Labute approximate surface area is 166 Å². The van der Waals surface area contributed by atoms with Gasteiger partial charge < -0.3 is 10.6 Å². The van der Waals surface area contributed by atoms with Crippen LogP contribution in [0.3, 0.4) is 0 Å². The number of nitrogens with one attached hydrogen (secondary N) is 2. The first-order chi connectivity index (χ1) is 13.1. The van der Waals surface area contributed by atoms with Crippen molar-refractivity contribution in [3.63, 3.8) is 0 Å². The molecule has 2 heterocycles. The van der Waals surface area contributed by atoms with E-state index in [9.17, 15) is 4.79 Å². The van der Waals surface area contributed by atoms with Gasteiger partial charge in [-0.1, -0.05) is 19.1 Å². The summed E-state index contributed by atoms with van der Waals surface area (Å²) in [5.74, 6) is 1.13. The van der Waals surface area contributed by atoms with Gasteiger partial charge in [0.15, 0.2) is 0 Å². The normalized spacial score (nSPS) is 18.4. The number of carbonyl (C=O) groups is 1. The van der Waals surface area contributed by atoms with Gasteiger partial charge in [0, 0.05) is 30.6 Å². The van der Waals surface area contributed by atoms with Crippen LogP contribution in [0.2, 0.25) is 0 Å². The molecule has 1 aliphatic heterocycles. The van der Waals surface area contributed by atoms with Crippen molar-refractivity contribution in [2.45, 2.75) is 39.3 Å². The average Bonchev–Trinajstić information content (AvgIpc) is 3.15. The number of hydrogen-bond acceptors (Lipinski definition) is 5. The van der Waals surface area contributed by atoms with E-state index >= 15 is 0 Å². The summed E-state index contributed by atoms with van der Waals surface area (Å²) in [5, 5.41) is 8.60. The predicted molar refractivity (Wildman–Crippen MR) is 112 cm³/mol. The number of benzene rings is 1. The molecule has 0 bridgehead atoms. The van der Waals surface area contributed by atoms with Crippen LogP contribution in [-0.2, 0) is 17.9 Å². The average molecular weight is 387 g/mol. The monoisotopic (exact) mass is 386 g/mol. The molecule has 2 unspecified atom stereocenters. The summed E-state index contributed by atoms with van der Waals surface area (Å²) >= 11 is 1.62. The van der Waals surface area contributed by atoms with Crippen molar-refractivity contribution in [1.29, 1.82) is 0 Å². The van der Waals surface area contributed by atoms with Crippen LogP contribution in [0.5, 0.6) is 0 Å². The number of amides is 1. The number of piperidine rings is 1. The van der Waals surface area contributed by atoms with Crippen molar-refractivity contribution in [1.82, 2.24) is 15.2 Å². The van der Waals surface area contributed by atoms with Crippen LogP contribution in [0.15, 0.2) is 35.2 Å². The van der Waals surface area contributed by atoms with Gasteiger partial charge in [0.05, 0.1) is 11.2 Å². The van der Waals surface area contributed by atoms with Gasteiger partial charge in [-0.05, 0) is 62.5 Å². The second kappa shape index (κ2) is 9.97. The zero-order valence-electron chi connectivity index (χ0n) is 16.3. The van der Waals surface area contributed by atoms with Gasteiger partial charge >= 0.3 is 0 Å². The van der Waals surface area contributed by atoms with Crippen LogP contribution >= 0.6 is 11.3 Å². The number of thiazole rings is 1. The first-order valence-electron chi connectivity index (χ1n) is 9.75. The minimum Gasteiger partial charge on any atom is -0.326 e. The Hall–Kier alpha value is -1.76. The number of aromatic nitrogens is 1. The molecule has 3 rings (SSSR count). The molecule has 1 aliphatic rings. The summed E-state index contributed by atoms with van der Waals surface area (Å²) in [6.07, 6.45) is 3.02. The topological polar surface area (TPSA) is 57.3 Å². The summed E-state index contributed by atoms with van der Waals surface area (Å²) in [5.41, 5.74) is 5.03. The fourth-order valence-electron chi connectivity index (χ4n) is 3.74. The van der Waals surface area contributed by atoms with Crippen molar-refractivity contribution in [3.05, 3.63) is 46.4 Å². The molecule has 1 aromatic heterocycles. The zero-order valence-corrected chi connectivity index (χ0v) is 17.1. The van der Waals surface area contributed by atoms with Crippen LogP contribution in [0, 0.1) is 11.8 Å². The Balaban J connectivity index is 1.49. The summed E-state index contributed by atoms with van der Waals surface area (Å²) in [7, 11) is 2.09. The molecule has 0 aliphatic carbocycles. The highest BCUT2D eigenvalue weighted by molar-refractivity contribution is 7.07. The fourth-order valence-corrected chi connectivity index (χ4v) is 4.29. The van der Waals surface area contributed by atoms with Crippen molar-refractivity contribution in [3.8, 4) is 0 Å². The van der Waals surface area contributed by atoms with E-state index < -0.39 is 0 Å². The minimum atomic E-state index is 0.112. The molecule has 2 atom stereocenters. The van der Waals surface area contributed by atoms with E-state index in [0.29, 0.717) is 18.3 Å². The number of carbonyl (C=O) groups excluding carboxylic acids is 1. The van der Waals surface area contributed by atoms with Crippen molar-refractivity contribution >= 4 is 22.9 Å². The quantitative estimate of drug-likeness (QED) is 0.726. The Morgan fingerprint density at radius 2 is 2.33 bits per heavy atom. The molecule has 0 radical (unpaired) electrons. The maximum atomic E-state index is 12.5. The first kappa shape index (κ1) is 20.0. The fraction of sp³-hybridized carbons (Fsp3) is 0.524. The van der Waals surface area contributed by atoms with Gasteiger partial charge in [-0.25, -0.2) is 4.98 Å². The van der Waals surface area contributed by atoms with E-state index in [0.717, 1.165) is 37.6 Å². The molecule has 5 nitrogen and oxygen atoms in total. The van der Waals surface area contributed by atoms with E-state index in [1.165, 1.54) is 18.4 Å². The molecule has 1 saturated heterocycles. The number of nitrogens with zero attached hydrogens (tertiary/aromatic N) is 2. The van der Waals surface area contributed by atoms with E-state index in [1.807, 2.05) is 17.6 Å². The third kappa shape index (κ3) is 6.41. The van der Waals surface area contributed by atoms with Gasteiger partial charge in [0.1, 0.15) is 0 Å². The van der Waals surface area contributed by atoms with Crippen molar-refractivity contribution in [2.24, 2.45) is 11.8 Å². The molecule has 0 saturated carbocycles. The lowest BCUT2D eigenvalue weighted by molar-refractivity contribution is -0.117. The van der Waals surface area contributed by atoms with E-state index in [-0.39, 0.29) is 5.91 Å². The Morgan fingerprint density at radius 1 is 1.44 bits per heavy atom. The Bertz CT molecular complexity index is 713. The lowest BCUT2D eigenvalue weighted by Gasteiger charge is -2.28. The Kier molecular flexibility index (Phi) is 7.38. The van der Waals surface area contributed by atoms with Crippen LogP contribution in [0.1, 0.15) is 37.4 Å². The van der Waals surface area contributed by atoms with Gasteiger partial charge in [-0.2, -0.15) is 0 Å². The third-order valence-corrected chi connectivity index (χ3v) is 5.86. The van der Waals surface area contributed by atoms with Crippen molar-refractivity contribution < 1.29 is 4.79 Å². The molecule has 2 aromatic rings. The zero-order chi connectivity index (χ0) is 19.1. The molecule has 6 heteroatoms. The molecule has 1 aromatic carbocycles. The first-order valence-corrected chi connectivity index (χ1v) is 10.7. The van der Waals surface area contributed by atoms with Crippen molar-refractivity contribution in [2.75, 3.05) is 25.5 Å². The molecule has 2 N–H and O–H groups in total. The molecular weight excluding hydrogens is 356 g/mol. The minimum absolute atomic E-state index is 0.112. The summed E-state index contributed by atoms with van der Waals surface area (Å²) in [6.45, 7) is 5.99. The standard InChI is InChI=1S/C21H30N4OS/c1-16(18-6-4-8-22-11-18)9-21(26)24-19-7-3-5-17(10-19)12-25(2)13-20-14-27-15-23-20/h3,5,7,10,14-16,18,22H,4,6,8-9,11-13H2,1-2H3,(H,24,26). The largest absolute Gasteiger partial charge is 0.326 e. The molecular formula is C21H30N4OS.